The molecule has 0 saturated carbocycles. The maximum absolute atomic E-state index is 12.5. The average Bonchev–Trinajstić information content (AvgIpc) is 1.62. The summed E-state index contributed by atoms with van der Waals surface area (Å²) in [4.78, 5) is 59.9. The first-order valence-electron chi connectivity index (χ1n) is 29.5. The monoisotopic (exact) mass is 1530 g/mol. The van der Waals surface area contributed by atoms with Gasteiger partial charge in [0.15, 0.2) is 18.4 Å². The van der Waals surface area contributed by atoms with Crippen molar-refractivity contribution in [1.82, 2.24) is 0 Å². The Labute approximate surface area is 622 Å². The van der Waals surface area contributed by atoms with E-state index in [1.54, 1.807) is 89.9 Å². The Kier molecular flexibility index (Phi) is 30.5. The molecular formula is C77H57Cl7O9S5. The minimum absolute atomic E-state index is 0.0335. The predicted molar refractivity (Wildman–Crippen MR) is 406 cm³/mol. The second-order valence-electron chi connectivity index (χ2n) is 20.8. The van der Waals surface area contributed by atoms with Crippen LogP contribution in [0.25, 0.3) is 0 Å². The van der Waals surface area contributed by atoms with E-state index in [1.807, 2.05) is 164 Å². The van der Waals surface area contributed by atoms with Crippen molar-refractivity contribution in [2.45, 2.75) is 59.3 Å². The van der Waals surface area contributed by atoms with E-state index in [1.165, 1.54) is 35.0 Å². The van der Waals surface area contributed by atoms with E-state index in [4.69, 9.17) is 91.4 Å². The molecular weight excluding hydrogens is 1480 g/mol. The second-order valence-corrected chi connectivity index (χ2v) is 29.2. The third kappa shape index (κ3) is 21.5. The fourth-order valence-corrected chi connectivity index (χ4v) is 17.1. The number of ketones is 1. The van der Waals surface area contributed by atoms with Gasteiger partial charge in [-0.25, -0.2) is 9.59 Å². The van der Waals surface area contributed by atoms with E-state index < -0.39 is 28.8 Å². The third-order valence-corrected chi connectivity index (χ3v) is 22.5. The van der Waals surface area contributed by atoms with Crippen LogP contribution in [0.15, 0.2) is 273 Å². The molecule has 98 heavy (non-hydrogen) atoms. The van der Waals surface area contributed by atoms with Crippen LogP contribution in [0.2, 0.25) is 35.2 Å². The molecule has 0 bridgehead atoms. The van der Waals surface area contributed by atoms with Crippen LogP contribution in [0, 0.1) is 0 Å². The highest BCUT2D eigenvalue weighted by Gasteiger charge is 2.26. The fourth-order valence-electron chi connectivity index (χ4n) is 9.54. The Morgan fingerprint density at radius 3 is 1.46 bits per heavy atom. The Balaban J connectivity index is 0.000000151. The van der Waals surface area contributed by atoms with Gasteiger partial charge in [-0.3, -0.25) is 18.6 Å². The van der Waals surface area contributed by atoms with Gasteiger partial charge in [-0.1, -0.05) is 257 Å². The Hall–Kier alpha value is -7.09. The number of carbonyl (C=O) groups excluding carboxylic acids is 3. The first-order valence-corrected chi connectivity index (χ1v) is 37.4. The lowest BCUT2D eigenvalue weighted by molar-refractivity contribution is 0.0682. The summed E-state index contributed by atoms with van der Waals surface area (Å²) in [6.07, 6.45) is 0.838. The summed E-state index contributed by atoms with van der Waals surface area (Å²) in [5.74, 6) is 1.39. The Morgan fingerprint density at radius 2 is 0.878 bits per heavy atom. The van der Waals surface area contributed by atoms with Crippen LogP contribution in [0.4, 0.5) is 0 Å². The molecule has 0 spiro atoms. The van der Waals surface area contributed by atoms with Gasteiger partial charge in [0.25, 0.3) is 0 Å². The van der Waals surface area contributed by atoms with Crippen molar-refractivity contribution in [3.05, 3.63) is 356 Å². The molecule has 0 saturated heterocycles. The lowest BCUT2D eigenvalue weighted by Gasteiger charge is -2.15. The van der Waals surface area contributed by atoms with E-state index in [0.29, 0.717) is 53.0 Å². The number of carboxylic acid groups (broad SMARTS) is 2. The van der Waals surface area contributed by atoms with Gasteiger partial charge in [-0.2, -0.15) is 0 Å². The zero-order valence-electron chi connectivity index (χ0n) is 51.4. The molecule has 0 aromatic heterocycles. The largest absolute Gasteiger partial charge is 0.478 e. The highest BCUT2D eigenvalue weighted by Crippen LogP contribution is 2.43. The van der Waals surface area contributed by atoms with E-state index in [0.717, 1.165) is 77.4 Å². The van der Waals surface area contributed by atoms with Crippen molar-refractivity contribution in [2.75, 3.05) is 0 Å². The summed E-state index contributed by atoms with van der Waals surface area (Å²) in [5, 5.41) is 31.6. The maximum Gasteiger partial charge on any atom is 0.338 e. The van der Waals surface area contributed by atoms with Gasteiger partial charge in [0.05, 0.1) is 73.8 Å². The lowest BCUT2D eigenvalue weighted by atomic mass is 9.98. The van der Waals surface area contributed by atoms with Crippen molar-refractivity contribution in [3.8, 4) is 0 Å². The highest BCUT2D eigenvalue weighted by molar-refractivity contribution is 7.99. The minimum Gasteiger partial charge on any atom is -0.478 e. The third-order valence-electron chi connectivity index (χ3n) is 14.4. The number of hydrogen-bond donors (Lipinski definition) is 3. The van der Waals surface area contributed by atoms with Gasteiger partial charge in [-0.15, -0.1) is 47.0 Å². The Bertz CT molecular complexity index is 4590. The lowest BCUT2D eigenvalue weighted by Crippen LogP contribution is -2.06. The first-order chi connectivity index (χ1) is 47.4. The summed E-state index contributed by atoms with van der Waals surface area (Å²) in [7, 11) is -1.44. The number of carbonyl (C=O) groups is 5. The number of aromatic carboxylic acids is 2. The summed E-state index contributed by atoms with van der Waals surface area (Å²) in [6, 6.07) is 76.6. The maximum atomic E-state index is 12.5. The van der Waals surface area contributed by atoms with E-state index in [-0.39, 0.29) is 37.6 Å². The number of aldehydes is 2. The summed E-state index contributed by atoms with van der Waals surface area (Å²) in [6.45, 7) is 0. The van der Waals surface area contributed by atoms with Crippen LogP contribution in [-0.4, -0.2) is 49.8 Å². The first kappa shape index (κ1) is 76.7. The SMILES string of the molecule is O=C(O)c1c(Cl)cccc1S(=O)Cc1ccccc1.O=C(O)c1c(Cl)cccc1SCc1ccccc1.O=C1c2ccccc2CSc2cccc(Cl)c21.O=Cc1c(Cl)cccc1Cl.O=Cc1c(Cl)cccc1SCc1ccccc1.OC1c2ccccc2CSc2cccc(Cl)c21. The van der Waals surface area contributed by atoms with Gasteiger partial charge < -0.3 is 15.3 Å². The standard InChI is InChI=1S/C14H11ClO3S.C14H11ClO2S.C14H11ClOS.C14H9ClOS.C14H11ClOS.C7H4Cl2O/c15-11-7-4-8-12(13(11)14(16)17)19(18)9-10-5-2-1-3-6-10;15-11-7-4-8-12(13(11)14(16)17)18-9-10-5-2-1-3-6-10;2*15-11-6-3-7-12-13(11)14(16)10-5-2-1-4-9(10)8-17-12;15-13-7-4-8-14(12(13)9-16)17-10-11-5-2-1-3-6-11;8-6-2-1-3-7(9)5(6)4-10/h1-8H,9H2,(H,16,17);1-8H,9H2,(H,16,17);1-7,14,16H,8H2;1-7H,8H2;1-9H,10H2;1-4H. The van der Waals surface area contributed by atoms with Crippen LogP contribution >= 0.6 is 128 Å². The van der Waals surface area contributed by atoms with Gasteiger partial charge in [-0.05, 0) is 106 Å². The molecule has 498 valence electrons. The molecule has 0 radical (unpaired) electrons. The van der Waals surface area contributed by atoms with Crippen molar-refractivity contribution in [2.24, 2.45) is 0 Å². The average molecular weight is 1530 g/mol. The van der Waals surface area contributed by atoms with Crippen LogP contribution in [0.5, 0.6) is 0 Å². The van der Waals surface area contributed by atoms with Crippen molar-refractivity contribution >= 4 is 169 Å². The van der Waals surface area contributed by atoms with Crippen LogP contribution in [-0.2, 0) is 39.6 Å². The number of rotatable bonds is 13. The fraction of sp³-hybridized carbons (Fsp3) is 0.0779. The van der Waals surface area contributed by atoms with Gasteiger partial charge in [0.2, 0.25) is 0 Å². The van der Waals surface area contributed by atoms with Crippen LogP contribution in [0.1, 0.15) is 102 Å². The highest BCUT2D eigenvalue weighted by atomic mass is 35.5. The molecule has 0 amide bonds. The number of halogens is 7. The molecule has 2 unspecified atom stereocenters. The number of thioether (sulfide) groups is 4. The second kappa shape index (κ2) is 39.0. The molecule has 0 fully saturated rings. The van der Waals surface area contributed by atoms with Gasteiger partial charge in [0.1, 0.15) is 6.10 Å². The van der Waals surface area contributed by atoms with Crippen LogP contribution in [0.3, 0.4) is 0 Å². The number of aliphatic hydroxyl groups excluding tert-OH is 1. The molecule has 3 N–H and O–H groups in total. The summed E-state index contributed by atoms with van der Waals surface area (Å²) >= 11 is 47.8. The van der Waals surface area contributed by atoms with Crippen molar-refractivity contribution in [1.29, 1.82) is 0 Å². The topological polar surface area (TPSA) is 163 Å². The van der Waals surface area contributed by atoms with Gasteiger partial charge in [0, 0.05) is 64.3 Å². The van der Waals surface area contributed by atoms with E-state index >= 15 is 0 Å². The number of carboxylic acids is 2. The molecule has 2 heterocycles. The molecule has 9 nitrogen and oxygen atoms in total. The number of aliphatic hydroxyl groups is 1. The predicted octanol–water partition coefficient (Wildman–Crippen LogP) is 23.1. The summed E-state index contributed by atoms with van der Waals surface area (Å²) in [5.41, 5.74) is 9.77. The summed E-state index contributed by atoms with van der Waals surface area (Å²) < 4.78 is 12.3. The van der Waals surface area contributed by atoms with E-state index in [9.17, 15) is 33.3 Å². The molecule has 2 atom stereocenters. The number of fused-ring (bicyclic) bond motifs is 4. The molecule has 0 aliphatic carbocycles. The zero-order chi connectivity index (χ0) is 70.1. The quantitative estimate of drug-likeness (QED) is 0.0739. The van der Waals surface area contributed by atoms with E-state index in [2.05, 4.69) is 18.2 Å². The van der Waals surface area contributed by atoms with Crippen molar-refractivity contribution in [3.63, 3.8) is 0 Å². The molecule has 11 aromatic carbocycles. The zero-order valence-corrected chi connectivity index (χ0v) is 60.8. The van der Waals surface area contributed by atoms with Crippen molar-refractivity contribution < 1.29 is 43.5 Å². The molecule has 21 heteroatoms. The van der Waals surface area contributed by atoms with Crippen LogP contribution < -0.4 is 0 Å². The van der Waals surface area contributed by atoms with Gasteiger partial charge >= 0.3 is 11.9 Å². The minimum atomic E-state index is -1.44. The number of benzene rings is 11. The Morgan fingerprint density at radius 1 is 0.449 bits per heavy atom. The molecule has 2 aliphatic rings. The molecule has 11 aromatic rings. The molecule has 13 rings (SSSR count). The smallest absolute Gasteiger partial charge is 0.338 e. The molecule has 2 aliphatic heterocycles. The normalized spacial score (nSPS) is 12.5. The number of hydrogen-bond acceptors (Lipinski definition) is 11.